The van der Waals surface area contributed by atoms with Crippen molar-refractivity contribution in [3.8, 4) is 0 Å². The molecule has 0 spiro atoms. The molecule has 2 aromatic rings. The number of carbonyl (C=O) groups excluding carboxylic acids is 2. The number of nitrogens with zero attached hydrogens (tertiary/aromatic N) is 3. The Morgan fingerprint density at radius 3 is 2.50 bits per heavy atom. The van der Waals surface area contributed by atoms with Gasteiger partial charge in [-0.05, 0) is 24.6 Å². The van der Waals surface area contributed by atoms with Gasteiger partial charge in [-0.1, -0.05) is 17.3 Å². The van der Waals surface area contributed by atoms with Gasteiger partial charge < -0.3 is 9.42 Å². The Bertz CT molecular complexity index is 767. The van der Waals surface area contributed by atoms with Crippen LogP contribution in [-0.2, 0) is 16.0 Å². The molecule has 1 fully saturated rings. The van der Waals surface area contributed by atoms with Gasteiger partial charge in [-0.3, -0.25) is 19.8 Å². The smallest absolute Gasteiger partial charge is 0.240 e. The number of anilines is 1. The molecule has 138 valence electrons. The summed E-state index contributed by atoms with van der Waals surface area (Å²) in [6.07, 6.45) is 0.256. The van der Waals surface area contributed by atoms with Gasteiger partial charge in [0.2, 0.25) is 17.7 Å². The minimum Gasteiger partial charge on any atom is -0.340 e. The second-order valence-electron chi connectivity index (χ2n) is 6.34. The fraction of sp³-hybridized carbons (Fsp3) is 0.389. The molecule has 0 aliphatic carbocycles. The van der Waals surface area contributed by atoms with Gasteiger partial charge in [-0.15, -0.1) is 0 Å². The summed E-state index contributed by atoms with van der Waals surface area (Å²) in [5, 5.41) is 6.38. The number of halogens is 1. The second kappa shape index (κ2) is 8.09. The van der Waals surface area contributed by atoms with E-state index in [2.05, 4.69) is 10.5 Å². The van der Waals surface area contributed by atoms with Crippen LogP contribution in [0.1, 0.15) is 11.3 Å². The van der Waals surface area contributed by atoms with Crippen LogP contribution in [0.25, 0.3) is 0 Å². The van der Waals surface area contributed by atoms with Crippen LogP contribution in [0.2, 0.25) is 0 Å². The number of benzene rings is 1. The molecule has 0 unspecified atom stereocenters. The molecule has 1 aromatic heterocycles. The fourth-order valence-corrected chi connectivity index (χ4v) is 2.85. The van der Waals surface area contributed by atoms with Gasteiger partial charge in [-0.2, -0.15) is 0 Å². The molecular formula is C18H21FN4O3. The zero-order chi connectivity index (χ0) is 18.5. The third kappa shape index (κ3) is 4.89. The highest BCUT2D eigenvalue weighted by molar-refractivity contribution is 5.91. The topological polar surface area (TPSA) is 78.7 Å². The average molecular weight is 360 g/mol. The van der Waals surface area contributed by atoms with Crippen molar-refractivity contribution < 1.29 is 18.5 Å². The molecule has 2 heterocycles. The lowest BCUT2D eigenvalue weighted by Crippen LogP contribution is -2.50. The Morgan fingerprint density at radius 2 is 1.88 bits per heavy atom. The monoisotopic (exact) mass is 360 g/mol. The third-order valence-corrected chi connectivity index (χ3v) is 4.25. The van der Waals surface area contributed by atoms with E-state index < -0.39 is 0 Å². The summed E-state index contributed by atoms with van der Waals surface area (Å²) < 4.78 is 17.9. The number of amides is 2. The van der Waals surface area contributed by atoms with Gasteiger partial charge in [0.1, 0.15) is 5.82 Å². The molecule has 1 aliphatic rings. The summed E-state index contributed by atoms with van der Waals surface area (Å²) in [5.74, 6) is -0.140. The maximum absolute atomic E-state index is 12.9. The summed E-state index contributed by atoms with van der Waals surface area (Å²) in [6, 6.07) is 7.62. The molecule has 1 aromatic carbocycles. The van der Waals surface area contributed by atoms with Crippen molar-refractivity contribution in [3.63, 3.8) is 0 Å². The van der Waals surface area contributed by atoms with Crippen LogP contribution in [0.5, 0.6) is 0 Å². The van der Waals surface area contributed by atoms with Crippen LogP contribution in [0, 0.1) is 12.7 Å². The van der Waals surface area contributed by atoms with Crippen LogP contribution in [-0.4, -0.2) is 59.5 Å². The first-order valence-electron chi connectivity index (χ1n) is 8.47. The van der Waals surface area contributed by atoms with Crippen LogP contribution in [0.4, 0.5) is 10.3 Å². The van der Waals surface area contributed by atoms with Crippen molar-refractivity contribution in [2.75, 3.05) is 38.0 Å². The molecule has 26 heavy (non-hydrogen) atoms. The summed E-state index contributed by atoms with van der Waals surface area (Å²) in [6.45, 7) is 4.39. The number of piperazine rings is 1. The molecule has 3 rings (SSSR count). The second-order valence-corrected chi connectivity index (χ2v) is 6.34. The minimum atomic E-state index is -0.311. The van der Waals surface area contributed by atoms with Crippen molar-refractivity contribution >= 4 is 17.7 Å². The van der Waals surface area contributed by atoms with Gasteiger partial charge >= 0.3 is 0 Å². The Labute approximate surface area is 150 Å². The number of hydrogen-bond acceptors (Lipinski definition) is 5. The quantitative estimate of drug-likeness (QED) is 0.873. The number of aryl methyl sites for hydroxylation is 1. The Hall–Kier alpha value is -2.74. The zero-order valence-corrected chi connectivity index (χ0v) is 14.6. The average Bonchev–Trinajstić information content (AvgIpc) is 3.02. The van der Waals surface area contributed by atoms with Gasteiger partial charge in [0, 0.05) is 32.2 Å². The van der Waals surface area contributed by atoms with Crippen LogP contribution in [0.3, 0.4) is 0 Å². The number of aromatic nitrogens is 1. The highest BCUT2D eigenvalue weighted by Crippen LogP contribution is 2.10. The zero-order valence-electron chi connectivity index (χ0n) is 14.6. The van der Waals surface area contributed by atoms with Crippen LogP contribution >= 0.6 is 0 Å². The molecule has 2 amide bonds. The molecule has 0 radical (unpaired) electrons. The summed E-state index contributed by atoms with van der Waals surface area (Å²) in [4.78, 5) is 28.1. The third-order valence-electron chi connectivity index (χ3n) is 4.25. The van der Waals surface area contributed by atoms with Crippen LogP contribution < -0.4 is 5.32 Å². The van der Waals surface area contributed by atoms with Crippen LogP contribution in [0.15, 0.2) is 34.9 Å². The molecular weight excluding hydrogens is 339 g/mol. The predicted octanol–water partition coefficient (Wildman–Crippen LogP) is 1.45. The van der Waals surface area contributed by atoms with Crippen molar-refractivity contribution in [1.82, 2.24) is 15.0 Å². The lowest BCUT2D eigenvalue weighted by molar-refractivity contribution is -0.132. The molecule has 1 aliphatic heterocycles. The molecule has 8 heteroatoms. The largest absolute Gasteiger partial charge is 0.340 e. The fourth-order valence-electron chi connectivity index (χ4n) is 2.85. The minimum absolute atomic E-state index is 0.0119. The molecule has 0 atom stereocenters. The molecule has 0 saturated carbocycles. The normalized spacial score (nSPS) is 15.1. The first-order valence-corrected chi connectivity index (χ1v) is 8.47. The Balaban J connectivity index is 1.42. The lowest BCUT2D eigenvalue weighted by atomic mass is 10.1. The summed E-state index contributed by atoms with van der Waals surface area (Å²) >= 11 is 0. The first-order chi connectivity index (χ1) is 12.5. The van der Waals surface area contributed by atoms with E-state index in [9.17, 15) is 14.0 Å². The van der Waals surface area contributed by atoms with E-state index in [0.29, 0.717) is 37.8 Å². The van der Waals surface area contributed by atoms with Gasteiger partial charge in [-0.25, -0.2) is 4.39 Å². The Kier molecular flexibility index (Phi) is 5.62. The molecule has 7 nitrogen and oxygen atoms in total. The molecule has 1 N–H and O–H groups in total. The van der Waals surface area contributed by atoms with E-state index in [1.807, 2.05) is 4.90 Å². The lowest BCUT2D eigenvalue weighted by Gasteiger charge is -2.34. The number of hydrogen-bond donors (Lipinski definition) is 1. The Morgan fingerprint density at radius 1 is 1.19 bits per heavy atom. The van der Waals surface area contributed by atoms with E-state index in [0.717, 1.165) is 5.56 Å². The number of nitrogens with one attached hydrogen (secondary N) is 1. The van der Waals surface area contributed by atoms with E-state index in [1.165, 1.54) is 12.1 Å². The standard InChI is InChI=1S/C18H21FN4O3/c1-13-10-17(26-21-13)20-16(24)12-22-6-8-23(9-7-22)18(25)11-14-2-4-15(19)5-3-14/h2-5,10H,6-9,11-12H2,1H3,(H,20,24). The van der Waals surface area contributed by atoms with E-state index in [1.54, 1.807) is 30.0 Å². The highest BCUT2D eigenvalue weighted by Gasteiger charge is 2.22. The van der Waals surface area contributed by atoms with Crippen molar-refractivity contribution in [2.24, 2.45) is 0 Å². The van der Waals surface area contributed by atoms with Gasteiger partial charge in [0.25, 0.3) is 0 Å². The number of carbonyl (C=O) groups is 2. The van der Waals surface area contributed by atoms with E-state index in [4.69, 9.17) is 4.52 Å². The molecule has 0 bridgehead atoms. The van der Waals surface area contributed by atoms with E-state index >= 15 is 0 Å². The van der Waals surface area contributed by atoms with Crippen molar-refractivity contribution in [3.05, 3.63) is 47.4 Å². The SMILES string of the molecule is Cc1cc(NC(=O)CN2CCN(C(=O)Cc3ccc(F)cc3)CC2)on1. The summed E-state index contributed by atoms with van der Waals surface area (Å²) in [5.41, 5.74) is 1.49. The van der Waals surface area contributed by atoms with Gasteiger partial charge in [0.15, 0.2) is 0 Å². The van der Waals surface area contributed by atoms with Gasteiger partial charge in [0.05, 0.1) is 18.7 Å². The molecule has 1 saturated heterocycles. The van der Waals surface area contributed by atoms with Crippen molar-refractivity contribution in [2.45, 2.75) is 13.3 Å². The first kappa shape index (κ1) is 18.1. The summed E-state index contributed by atoms with van der Waals surface area (Å²) in [7, 11) is 0. The maximum Gasteiger partial charge on any atom is 0.240 e. The van der Waals surface area contributed by atoms with Crippen molar-refractivity contribution in [1.29, 1.82) is 0 Å². The highest BCUT2D eigenvalue weighted by atomic mass is 19.1. The number of rotatable bonds is 5. The maximum atomic E-state index is 12.9. The predicted molar refractivity (Wildman–Crippen MR) is 93.0 cm³/mol. The van der Waals surface area contributed by atoms with E-state index in [-0.39, 0.29) is 30.6 Å².